The van der Waals surface area contributed by atoms with Crippen LogP contribution >= 0.6 is 0 Å². The molecule has 0 aliphatic carbocycles. The normalized spacial score (nSPS) is 11.5. The van der Waals surface area contributed by atoms with Gasteiger partial charge >= 0.3 is 5.97 Å². The fourth-order valence-corrected chi connectivity index (χ4v) is 2.82. The number of carboxylic acids is 1. The summed E-state index contributed by atoms with van der Waals surface area (Å²) in [6, 6.07) is 6.75. The zero-order chi connectivity index (χ0) is 18.1. The first-order chi connectivity index (χ1) is 11.9. The highest BCUT2D eigenvalue weighted by molar-refractivity contribution is 5.95. The maximum atomic E-state index is 12.8. The van der Waals surface area contributed by atoms with Crippen LogP contribution in [0.15, 0.2) is 33.5 Å². The van der Waals surface area contributed by atoms with Crippen LogP contribution in [0, 0.1) is 0 Å². The van der Waals surface area contributed by atoms with Crippen molar-refractivity contribution in [2.75, 3.05) is 6.61 Å². The topological polar surface area (TPSA) is 101 Å². The predicted molar refractivity (Wildman–Crippen MR) is 94.2 cm³/mol. The van der Waals surface area contributed by atoms with Gasteiger partial charge in [0.25, 0.3) is 0 Å². The van der Waals surface area contributed by atoms with Gasteiger partial charge in [-0.15, -0.1) is 0 Å². The van der Waals surface area contributed by atoms with E-state index in [1.807, 2.05) is 19.9 Å². The van der Waals surface area contributed by atoms with Crippen LogP contribution in [-0.4, -0.2) is 27.8 Å². The van der Waals surface area contributed by atoms with E-state index < -0.39 is 5.97 Å². The third kappa shape index (κ3) is 3.13. The minimum absolute atomic E-state index is 0.0346. The molecule has 2 heterocycles. The van der Waals surface area contributed by atoms with Gasteiger partial charge in [-0.25, -0.2) is 9.78 Å². The van der Waals surface area contributed by atoms with Crippen LogP contribution in [0.1, 0.15) is 47.8 Å². The average Bonchev–Trinajstić information content (AvgIpc) is 2.59. The van der Waals surface area contributed by atoms with E-state index in [0.29, 0.717) is 29.5 Å². The summed E-state index contributed by atoms with van der Waals surface area (Å²) in [7, 11) is 0. The summed E-state index contributed by atoms with van der Waals surface area (Å²) < 4.78 is 5.75. The number of rotatable bonds is 5. The Morgan fingerprint density at radius 2 is 2.00 bits per heavy atom. The molecule has 0 saturated heterocycles. The summed E-state index contributed by atoms with van der Waals surface area (Å²) in [6.45, 7) is 3.99. The Bertz CT molecular complexity index is 1020. The van der Waals surface area contributed by atoms with Crippen molar-refractivity contribution < 1.29 is 19.4 Å². The molecule has 3 rings (SSSR count). The van der Waals surface area contributed by atoms with E-state index in [4.69, 9.17) is 9.52 Å². The highest BCUT2D eigenvalue weighted by Gasteiger charge is 2.17. The smallest absolute Gasteiger partial charge is 0.337 e. The van der Waals surface area contributed by atoms with Crippen LogP contribution in [0.25, 0.3) is 22.1 Å². The van der Waals surface area contributed by atoms with Gasteiger partial charge in [-0.05, 0) is 42.5 Å². The molecule has 0 radical (unpaired) electrons. The van der Waals surface area contributed by atoms with Gasteiger partial charge in [-0.2, -0.15) is 0 Å². The van der Waals surface area contributed by atoms with Crippen LogP contribution < -0.4 is 5.43 Å². The van der Waals surface area contributed by atoms with Gasteiger partial charge in [0.2, 0.25) is 11.1 Å². The van der Waals surface area contributed by atoms with Gasteiger partial charge in [0.15, 0.2) is 0 Å². The molecule has 0 bridgehead atoms. The number of aliphatic hydroxyl groups is 1. The number of aliphatic hydroxyl groups excluding tert-OH is 1. The predicted octanol–water partition coefficient (Wildman–Crippen LogP) is 3.09. The molecule has 0 aliphatic rings. The average molecular weight is 341 g/mol. The molecule has 3 aromatic rings. The number of nitrogens with zero attached hydrogens (tertiary/aromatic N) is 1. The van der Waals surface area contributed by atoms with Gasteiger partial charge in [-0.1, -0.05) is 19.9 Å². The van der Waals surface area contributed by atoms with Crippen molar-refractivity contribution in [2.24, 2.45) is 0 Å². The zero-order valence-electron chi connectivity index (χ0n) is 14.1. The third-order valence-corrected chi connectivity index (χ3v) is 4.23. The second kappa shape index (κ2) is 6.64. The van der Waals surface area contributed by atoms with Crippen molar-refractivity contribution in [3.63, 3.8) is 0 Å². The molecule has 0 atom stereocenters. The second-order valence-electron chi connectivity index (χ2n) is 6.31. The number of pyridine rings is 1. The summed E-state index contributed by atoms with van der Waals surface area (Å²) in [6.07, 6.45) is 0.677. The lowest BCUT2D eigenvalue weighted by Crippen LogP contribution is -2.11. The minimum atomic E-state index is -1.15. The Hall–Kier alpha value is -2.73. The lowest BCUT2D eigenvalue weighted by Gasteiger charge is -2.09. The number of aryl methyl sites for hydroxylation is 1. The third-order valence-electron chi connectivity index (χ3n) is 4.23. The Morgan fingerprint density at radius 1 is 1.24 bits per heavy atom. The molecule has 0 aliphatic heterocycles. The molecule has 0 unspecified atom stereocenters. The monoisotopic (exact) mass is 341 g/mol. The molecule has 0 fully saturated rings. The van der Waals surface area contributed by atoms with Crippen LogP contribution in [-0.2, 0) is 6.42 Å². The van der Waals surface area contributed by atoms with E-state index in [-0.39, 0.29) is 34.6 Å². The maximum Gasteiger partial charge on any atom is 0.337 e. The molecule has 2 N–H and O–H groups in total. The maximum absolute atomic E-state index is 12.8. The largest absolute Gasteiger partial charge is 0.478 e. The van der Waals surface area contributed by atoms with Crippen molar-refractivity contribution in [3.8, 4) is 0 Å². The molecule has 25 heavy (non-hydrogen) atoms. The molecule has 0 saturated carbocycles. The van der Waals surface area contributed by atoms with E-state index in [2.05, 4.69) is 4.98 Å². The minimum Gasteiger partial charge on any atom is -0.478 e. The lowest BCUT2D eigenvalue weighted by molar-refractivity contribution is 0.0695. The summed E-state index contributed by atoms with van der Waals surface area (Å²) in [5.41, 5.74) is 1.52. The van der Waals surface area contributed by atoms with E-state index in [1.165, 1.54) is 6.07 Å². The Balaban J connectivity index is 2.31. The van der Waals surface area contributed by atoms with E-state index in [1.54, 1.807) is 12.1 Å². The van der Waals surface area contributed by atoms with E-state index >= 15 is 0 Å². The van der Waals surface area contributed by atoms with Crippen LogP contribution in [0.3, 0.4) is 0 Å². The molecule has 2 aromatic heterocycles. The Labute approximate surface area is 143 Å². The molecule has 6 heteroatoms. The number of benzene rings is 1. The summed E-state index contributed by atoms with van der Waals surface area (Å²) >= 11 is 0. The number of aromatic nitrogens is 1. The fraction of sp³-hybridized carbons (Fsp3) is 0.316. The molecule has 1 aromatic carbocycles. The van der Waals surface area contributed by atoms with E-state index in [9.17, 15) is 14.7 Å². The molecule has 6 nitrogen and oxygen atoms in total. The Kier molecular flexibility index (Phi) is 4.55. The van der Waals surface area contributed by atoms with Crippen molar-refractivity contribution >= 4 is 28.0 Å². The molecule has 130 valence electrons. The quantitative estimate of drug-likeness (QED) is 0.692. The highest BCUT2D eigenvalue weighted by atomic mass is 16.4. The SMILES string of the molecule is CC(C)c1ccc2oc3nc(CCCO)c(C(=O)O)cc3c(=O)c2c1. The van der Waals surface area contributed by atoms with Crippen molar-refractivity contribution in [3.05, 3.63) is 51.3 Å². The van der Waals surface area contributed by atoms with Crippen molar-refractivity contribution in [1.29, 1.82) is 0 Å². The van der Waals surface area contributed by atoms with Gasteiger partial charge in [0, 0.05) is 6.61 Å². The first-order valence-corrected chi connectivity index (χ1v) is 8.17. The number of fused-ring (bicyclic) bond motifs is 2. The van der Waals surface area contributed by atoms with Gasteiger partial charge in [-0.3, -0.25) is 4.79 Å². The molecular formula is C19H19NO5. The number of hydrogen-bond donors (Lipinski definition) is 2. The van der Waals surface area contributed by atoms with Crippen LogP contribution in [0.5, 0.6) is 0 Å². The number of carbonyl (C=O) groups is 1. The lowest BCUT2D eigenvalue weighted by atomic mass is 10.0. The summed E-state index contributed by atoms with van der Waals surface area (Å²) in [5, 5.41) is 19.0. The first-order valence-electron chi connectivity index (χ1n) is 8.17. The van der Waals surface area contributed by atoms with Gasteiger partial charge in [0.05, 0.1) is 22.0 Å². The second-order valence-corrected chi connectivity index (χ2v) is 6.31. The van der Waals surface area contributed by atoms with Crippen molar-refractivity contribution in [1.82, 2.24) is 4.98 Å². The highest BCUT2D eigenvalue weighted by Crippen LogP contribution is 2.24. The first kappa shape index (κ1) is 17.1. The summed E-state index contributed by atoms with van der Waals surface area (Å²) in [5.74, 6) is -0.897. The summed E-state index contributed by atoms with van der Waals surface area (Å²) in [4.78, 5) is 28.6. The van der Waals surface area contributed by atoms with Gasteiger partial charge in [0.1, 0.15) is 5.58 Å². The molecular weight excluding hydrogens is 322 g/mol. The molecule has 0 amide bonds. The Morgan fingerprint density at radius 3 is 2.64 bits per heavy atom. The van der Waals surface area contributed by atoms with Crippen LogP contribution in [0.4, 0.5) is 0 Å². The molecule has 0 spiro atoms. The standard InChI is InChI=1S/C19H19NO5/c1-10(2)11-5-6-16-13(8-11)17(22)14-9-12(19(23)24)15(4-3-7-21)20-18(14)25-16/h5-6,8-10,21H,3-4,7H2,1-2H3,(H,23,24). The number of carboxylic acid groups (broad SMARTS) is 1. The van der Waals surface area contributed by atoms with E-state index in [0.717, 1.165) is 5.56 Å². The number of hydrogen-bond acceptors (Lipinski definition) is 5. The number of aromatic carboxylic acids is 1. The van der Waals surface area contributed by atoms with Crippen molar-refractivity contribution in [2.45, 2.75) is 32.6 Å². The van der Waals surface area contributed by atoms with Crippen LogP contribution in [0.2, 0.25) is 0 Å². The van der Waals surface area contributed by atoms with Gasteiger partial charge < -0.3 is 14.6 Å². The zero-order valence-corrected chi connectivity index (χ0v) is 14.1. The fourth-order valence-electron chi connectivity index (χ4n) is 2.82.